The van der Waals surface area contributed by atoms with Gasteiger partial charge in [0.1, 0.15) is 17.3 Å². The summed E-state index contributed by atoms with van der Waals surface area (Å²) in [5, 5.41) is 0. The molecule has 2 N–H and O–H groups in total. The fourth-order valence-electron chi connectivity index (χ4n) is 2.47. The molecule has 2 rings (SSSR count). The summed E-state index contributed by atoms with van der Waals surface area (Å²) >= 11 is 0. The maximum atomic E-state index is 13.2. The first-order valence-corrected chi connectivity index (χ1v) is 6.78. The lowest BCUT2D eigenvalue weighted by Crippen LogP contribution is -2.16. The van der Waals surface area contributed by atoms with Crippen LogP contribution in [0.2, 0.25) is 0 Å². The number of methoxy groups -OCH3 is 2. The lowest BCUT2D eigenvalue weighted by Gasteiger charge is -2.19. The first-order chi connectivity index (χ1) is 10.1. The normalized spacial score (nSPS) is 12.0. The molecular weight excluding hydrogens is 269 g/mol. The number of benzene rings is 2. The van der Waals surface area contributed by atoms with Crippen molar-refractivity contribution in [1.29, 1.82) is 0 Å². The third-order valence-corrected chi connectivity index (χ3v) is 3.58. The van der Waals surface area contributed by atoms with Crippen LogP contribution in [0.15, 0.2) is 36.4 Å². The third kappa shape index (κ3) is 3.34. The molecule has 2 aromatic carbocycles. The SMILES string of the molecule is COc1cccc(OC)c1C(N)Cc1ccc(F)cc1C. The minimum Gasteiger partial charge on any atom is -0.496 e. The van der Waals surface area contributed by atoms with Crippen molar-refractivity contribution >= 4 is 0 Å². The van der Waals surface area contributed by atoms with Gasteiger partial charge in [-0.2, -0.15) is 0 Å². The molecule has 0 saturated carbocycles. The number of aryl methyl sites for hydroxylation is 1. The van der Waals surface area contributed by atoms with Crippen LogP contribution in [0.3, 0.4) is 0 Å². The Kier molecular flexibility index (Phi) is 4.81. The summed E-state index contributed by atoms with van der Waals surface area (Å²) in [5.41, 5.74) is 9.06. The molecule has 4 heteroatoms. The molecule has 0 aliphatic heterocycles. The van der Waals surface area contributed by atoms with Gasteiger partial charge in [0.25, 0.3) is 0 Å². The Morgan fingerprint density at radius 3 is 2.24 bits per heavy atom. The van der Waals surface area contributed by atoms with E-state index in [4.69, 9.17) is 15.2 Å². The number of nitrogens with two attached hydrogens (primary N) is 1. The Hall–Kier alpha value is -2.07. The Balaban J connectivity index is 2.33. The van der Waals surface area contributed by atoms with E-state index in [0.29, 0.717) is 17.9 Å². The largest absolute Gasteiger partial charge is 0.496 e. The van der Waals surface area contributed by atoms with Crippen molar-refractivity contribution in [2.45, 2.75) is 19.4 Å². The molecule has 2 aromatic rings. The van der Waals surface area contributed by atoms with E-state index in [1.54, 1.807) is 20.3 Å². The van der Waals surface area contributed by atoms with Gasteiger partial charge in [-0.15, -0.1) is 0 Å². The van der Waals surface area contributed by atoms with E-state index in [-0.39, 0.29) is 11.9 Å². The molecule has 0 aliphatic rings. The van der Waals surface area contributed by atoms with Gasteiger partial charge < -0.3 is 15.2 Å². The smallest absolute Gasteiger partial charge is 0.127 e. The first-order valence-electron chi connectivity index (χ1n) is 6.78. The number of hydrogen-bond donors (Lipinski definition) is 1. The van der Waals surface area contributed by atoms with Crippen molar-refractivity contribution in [3.8, 4) is 11.5 Å². The Morgan fingerprint density at radius 1 is 1.10 bits per heavy atom. The Bertz CT molecular complexity index is 606. The summed E-state index contributed by atoms with van der Waals surface area (Å²) in [4.78, 5) is 0. The summed E-state index contributed by atoms with van der Waals surface area (Å²) in [6.45, 7) is 1.88. The summed E-state index contributed by atoms with van der Waals surface area (Å²) < 4.78 is 23.9. The van der Waals surface area contributed by atoms with Gasteiger partial charge in [-0.1, -0.05) is 12.1 Å². The van der Waals surface area contributed by atoms with Gasteiger partial charge in [0, 0.05) is 6.04 Å². The zero-order valence-corrected chi connectivity index (χ0v) is 12.5. The monoisotopic (exact) mass is 289 g/mol. The maximum Gasteiger partial charge on any atom is 0.127 e. The van der Waals surface area contributed by atoms with Crippen molar-refractivity contribution in [1.82, 2.24) is 0 Å². The fraction of sp³-hybridized carbons (Fsp3) is 0.294. The molecule has 0 fully saturated rings. The van der Waals surface area contributed by atoms with E-state index in [1.807, 2.05) is 25.1 Å². The van der Waals surface area contributed by atoms with Crippen molar-refractivity contribution in [2.24, 2.45) is 5.73 Å². The van der Waals surface area contributed by atoms with Crippen molar-refractivity contribution < 1.29 is 13.9 Å². The molecule has 0 radical (unpaired) electrons. The van der Waals surface area contributed by atoms with Crippen LogP contribution in [0.1, 0.15) is 22.7 Å². The van der Waals surface area contributed by atoms with Gasteiger partial charge in [0.15, 0.2) is 0 Å². The molecule has 3 nitrogen and oxygen atoms in total. The summed E-state index contributed by atoms with van der Waals surface area (Å²) in [7, 11) is 3.21. The van der Waals surface area contributed by atoms with Gasteiger partial charge in [-0.3, -0.25) is 0 Å². The zero-order valence-electron chi connectivity index (χ0n) is 12.5. The number of ether oxygens (including phenoxy) is 2. The van der Waals surface area contributed by atoms with Crippen LogP contribution >= 0.6 is 0 Å². The second-order valence-corrected chi connectivity index (χ2v) is 4.96. The second kappa shape index (κ2) is 6.59. The lowest BCUT2D eigenvalue weighted by molar-refractivity contribution is 0.378. The average molecular weight is 289 g/mol. The highest BCUT2D eigenvalue weighted by atomic mass is 19.1. The van der Waals surface area contributed by atoms with Gasteiger partial charge in [-0.05, 0) is 48.7 Å². The minimum absolute atomic E-state index is 0.236. The second-order valence-electron chi connectivity index (χ2n) is 4.96. The van der Waals surface area contributed by atoms with Crippen molar-refractivity contribution in [2.75, 3.05) is 14.2 Å². The average Bonchev–Trinajstić information content (AvgIpc) is 2.49. The van der Waals surface area contributed by atoms with E-state index in [1.165, 1.54) is 12.1 Å². The molecule has 1 atom stereocenters. The molecule has 21 heavy (non-hydrogen) atoms. The molecular formula is C17H20FNO2. The van der Waals surface area contributed by atoms with Crippen LogP contribution in [0.4, 0.5) is 4.39 Å². The third-order valence-electron chi connectivity index (χ3n) is 3.58. The first kappa shape index (κ1) is 15.3. The Labute approximate surface area is 124 Å². The van der Waals surface area contributed by atoms with Crippen LogP contribution in [-0.2, 0) is 6.42 Å². The van der Waals surface area contributed by atoms with Gasteiger partial charge in [0.05, 0.1) is 19.8 Å². The van der Waals surface area contributed by atoms with E-state index in [9.17, 15) is 4.39 Å². The van der Waals surface area contributed by atoms with Crippen LogP contribution in [0.25, 0.3) is 0 Å². The molecule has 1 unspecified atom stereocenters. The van der Waals surface area contributed by atoms with Crippen LogP contribution in [-0.4, -0.2) is 14.2 Å². The summed E-state index contributed by atoms with van der Waals surface area (Å²) in [5.74, 6) is 1.16. The van der Waals surface area contributed by atoms with Crippen molar-refractivity contribution in [3.63, 3.8) is 0 Å². The van der Waals surface area contributed by atoms with E-state index >= 15 is 0 Å². The molecule has 0 heterocycles. The molecule has 0 amide bonds. The van der Waals surface area contributed by atoms with Crippen molar-refractivity contribution in [3.05, 3.63) is 58.9 Å². The zero-order chi connectivity index (χ0) is 15.4. The van der Waals surface area contributed by atoms with E-state index in [2.05, 4.69) is 0 Å². The van der Waals surface area contributed by atoms with Gasteiger partial charge in [0.2, 0.25) is 0 Å². The number of halogens is 1. The molecule has 0 bridgehead atoms. The molecule has 0 spiro atoms. The topological polar surface area (TPSA) is 44.5 Å². The summed E-state index contributed by atoms with van der Waals surface area (Å²) in [6, 6.07) is 10.0. The van der Waals surface area contributed by atoms with E-state index in [0.717, 1.165) is 16.7 Å². The quantitative estimate of drug-likeness (QED) is 0.917. The fourth-order valence-corrected chi connectivity index (χ4v) is 2.47. The molecule has 0 aromatic heterocycles. The summed E-state index contributed by atoms with van der Waals surface area (Å²) in [6.07, 6.45) is 0.586. The molecule has 0 saturated heterocycles. The van der Waals surface area contributed by atoms with Crippen LogP contribution in [0.5, 0.6) is 11.5 Å². The van der Waals surface area contributed by atoms with Crippen LogP contribution < -0.4 is 15.2 Å². The predicted octanol–water partition coefficient (Wildman–Crippen LogP) is 3.39. The molecule has 0 aliphatic carbocycles. The molecule has 112 valence electrons. The van der Waals surface area contributed by atoms with E-state index < -0.39 is 0 Å². The number of rotatable bonds is 5. The van der Waals surface area contributed by atoms with Crippen LogP contribution in [0, 0.1) is 12.7 Å². The lowest BCUT2D eigenvalue weighted by atomic mass is 9.95. The van der Waals surface area contributed by atoms with Gasteiger partial charge in [-0.25, -0.2) is 4.39 Å². The maximum absolute atomic E-state index is 13.2. The highest BCUT2D eigenvalue weighted by Gasteiger charge is 2.18. The highest BCUT2D eigenvalue weighted by Crippen LogP contribution is 2.34. The Morgan fingerprint density at radius 2 is 1.71 bits per heavy atom. The van der Waals surface area contributed by atoms with Gasteiger partial charge >= 0.3 is 0 Å². The minimum atomic E-state index is -0.291. The highest BCUT2D eigenvalue weighted by molar-refractivity contribution is 5.47. The predicted molar refractivity (Wildman–Crippen MR) is 81.3 cm³/mol. The number of hydrogen-bond acceptors (Lipinski definition) is 3. The standard InChI is InChI=1S/C17H20FNO2/c1-11-9-13(18)8-7-12(11)10-14(19)17-15(20-2)5-4-6-16(17)21-3/h4-9,14H,10,19H2,1-3H3.